The molecule has 0 aliphatic carbocycles. The Labute approximate surface area is 81.7 Å². The summed E-state index contributed by atoms with van der Waals surface area (Å²) in [7, 11) is 0. The van der Waals surface area contributed by atoms with Crippen LogP contribution in [0.5, 0.6) is 0 Å². The highest BCUT2D eigenvalue weighted by Gasteiger charge is 1.86. The van der Waals surface area contributed by atoms with E-state index in [1.807, 2.05) is 30.5 Å². The van der Waals surface area contributed by atoms with Gasteiger partial charge >= 0.3 is 0 Å². The van der Waals surface area contributed by atoms with Gasteiger partial charge in [-0.25, -0.2) is 5.41 Å². The van der Waals surface area contributed by atoms with Gasteiger partial charge in [-0.1, -0.05) is 24.3 Å². The molecule has 0 atom stereocenters. The molecule has 2 rings (SSSR count). The molecule has 1 aromatic carbocycles. The first kappa shape index (κ1) is 9.52. The van der Waals surface area contributed by atoms with E-state index in [-0.39, 0.29) is 0 Å². The highest BCUT2D eigenvalue weighted by atomic mass is 32.1. The number of rotatable bonds is 0. The fourth-order valence-electron chi connectivity index (χ4n) is 1.02. The van der Waals surface area contributed by atoms with Gasteiger partial charge < -0.3 is 0 Å². The van der Waals surface area contributed by atoms with Crippen molar-refractivity contribution in [2.24, 2.45) is 0 Å². The molecule has 2 aromatic rings. The van der Waals surface area contributed by atoms with E-state index < -0.39 is 0 Å². The monoisotopic (exact) mass is 188 g/mol. The SMILES string of the molecule is N=C=S.c1ccc2ncccc2c1. The van der Waals surface area contributed by atoms with Gasteiger partial charge in [-0.15, -0.1) is 0 Å². The van der Waals surface area contributed by atoms with E-state index in [0.29, 0.717) is 0 Å². The molecule has 0 aliphatic rings. The molecule has 1 N–H and O–H groups in total. The molecular weight excluding hydrogens is 180 g/mol. The number of pyridine rings is 1. The van der Waals surface area contributed by atoms with Crippen molar-refractivity contribution in [1.82, 2.24) is 4.98 Å². The first-order valence-electron chi connectivity index (χ1n) is 3.72. The lowest BCUT2D eigenvalue weighted by molar-refractivity contribution is 1.41. The molecule has 13 heavy (non-hydrogen) atoms. The minimum atomic E-state index is 1.06. The second-order valence-electron chi connectivity index (χ2n) is 2.30. The normalized spacial score (nSPS) is 8.31. The summed E-state index contributed by atoms with van der Waals surface area (Å²) in [6, 6.07) is 12.1. The average molecular weight is 188 g/mol. The Hall–Kier alpha value is -1.57. The van der Waals surface area contributed by atoms with Crippen molar-refractivity contribution in [2.45, 2.75) is 0 Å². The van der Waals surface area contributed by atoms with Crippen molar-refractivity contribution in [2.75, 3.05) is 0 Å². The van der Waals surface area contributed by atoms with Gasteiger partial charge in [-0.3, -0.25) is 4.98 Å². The van der Waals surface area contributed by atoms with Crippen LogP contribution in [0.25, 0.3) is 10.9 Å². The topological polar surface area (TPSA) is 36.7 Å². The quantitative estimate of drug-likeness (QED) is 0.509. The molecule has 0 radical (unpaired) electrons. The summed E-state index contributed by atoms with van der Waals surface area (Å²) < 4.78 is 0. The molecule has 0 aliphatic heterocycles. The van der Waals surface area contributed by atoms with Crippen LogP contribution in [0.2, 0.25) is 0 Å². The molecule has 1 heterocycles. The van der Waals surface area contributed by atoms with Crippen molar-refractivity contribution >= 4 is 28.3 Å². The van der Waals surface area contributed by atoms with E-state index >= 15 is 0 Å². The van der Waals surface area contributed by atoms with Crippen molar-refractivity contribution in [3.8, 4) is 0 Å². The van der Waals surface area contributed by atoms with Gasteiger partial charge in [-0.05, 0) is 24.4 Å². The van der Waals surface area contributed by atoms with Gasteiger partial charge in [0, 0.05) is 11.6 Å². The number of nitrogens with one attached hydrogen (secondary N) is 1. The highest BCUT2D eigenvalue weighted by Crippen LogP contribution is 2.07. The van der Waals surface area contributed by atoms with E-state index in [2.05, 4.69) is 29.3 Å². The third-order valence-electron chi connectivity index (χ3n) is 1.51. The minimum Gasteiger partial charge on any atom is -0.256 e. The predicted octanol–water partition coefficient (Wildman–Crippen LogP) is 2.90. The molecule has 64 valence electrons. The number of isothiocyanates is 1. The van der Waals surface area contributed by atoms with Crippen LogP contribution >= 0.6 is 12.2 Å². The molecule has 2 nitrogen and oxygen atoms in total. The summed E-state index contributed by atoms with van der Waals surface area (Å²) in [6.07, 6.45) is 1.81. The van der Waals surface area contributed by atoms with Crippen LogP contribution in [0, 0.1) is 5.41 Å². The molecule has 0 saturated carbocycles. The van der Waals surface area contributed by atoms with Crippen LogP contribution in [0.1, 0.15) is 0 Å². The molecule has 0 saturated heterocycles. The first-order valence-corrected chi connectivity index (χ1v) is 4.13. The Morgan fingerprint density at radius 2 is 1.77 bits per heavy atom. The summed E-state index contributed by atoms with van der Waals surface area (Å²) >= 11 is 3.81. The number of hydrogen-bond donors (Lipinski definition) is 1. The predicted molar refractivity (Wildman–Crippen MR) is 57.1 cm³/mol. The zero-order valence-corrected chi connectivity index (χ0v) is 7.71. The number of fused-ring (bicyclic) bond motifs is 1. The van der Waals surface area contributed by atoms with Crippen LogP contribution in [0.4, 0.5) is 0 Å². The molecule has 0 spiro atoms. The number of thiocarbonyl (C=S) groups is 1. The van der Waals surface area contributed by atoms with Crippen LogP contribution in [0.15, 0.2) is 42.6 Å². The van der Waals surface area contributed by atoms with E-state index in [1.54, 1.807) is 5.16 Å². The number of hydrogen-bond acceptors (Lipinski definition) is 3. The number of para-hydroxylation sites is 1. The highest BCUT2D eigenvalue weighted by molar-refractivity contribution is 7.78. The standard InChI is InChI=1S/C9H7N.CHNS/c1-2-6-9-8(4-1)5-3-7-10-9;2-1-3/h1-7H;2H. The van der Waals surface area contributed by atoms with Crippen molar-refractivity contribution < 1.29 is 0 Å². The lowest BCUT2D eigenvalue weighted by atomic mass is 10.2. The number of benzene rings is 1. The Kier molecular flexibility index (Phi) is 3.76. The van der Waals surface area contributed by atoms with E-state index in [9.17, 15) is 0 Å². The maximum atomic E-state index is 5.77. The van der Waals surface area contributed by atoms with Crippen molar-refractivity contribution in [3.05, 3.63) is 42.6 Å². The van der Waals surface area contributed by atoms with Gasteiger partial charge in [0.2, 0.25) is 0 Å². The fourth-order valence-corrected chi connectivity index (χ4v) is 1.02. The lowest BCUT2D eigenvalue weighted by Gasteiger charge is -1.91. The Morgan fingerprint density at radius 3 is 2.46 bits per heavy atom. The second kappa shape index (κ2) is 5.14. The van der Waals surface area contributed by atoms with Crippen molar-refractivity contribution in [1.29, 1.82) is 5.41 Å². The Morgan fingerprint density at radius 1 is 1.15 bits per heavy atom. The Bertz CT molecular complexity index is 354. The van der Waals surface area contributed by atoms with Gasteiger partial charge in [0.1, 0.15) is 0 Å². The van der Waals surface area contributed by atoms with E-state index in [4.69, 9.17) is 5.41 Å². The largest absolute Gasteiger partial charge is 0.256 e. The van der Waals surface area contributed by atoms with Gasteiger partial charge in [0.25, 0.3) is 0 Å². The van der Waals surface area contributed by atoms with Crippen LogP contribution in [-0.4, -0.2) is 10.1 Å². The maximum absolute atomic E-state index is 5.77. The maximum Gasteiger partial charge on any atom is 0.0701 e. The van der Waals surface area contributed by atoms with Gasteiger partial charge in [0.05, 0.1) is 10.7 Å². The molecular formula is C10H8N2S. The third kappa shape index (κ3) is 2.75. The summed E-state index contributed by atoms with van der Waals surface area (Å²) in [6.45, 7) is 0. The molecule has 0 fully saturated rings. The minimum absolute atomic E-state index is 1.06. The molecule has 3 heteroatoms. The molecule has 0 bridgehead atoms. The summed E-state index contributed by atoms with van der Waals surface area (Å²) in [5.41, 5.74) is 1.06. The number of aromatic nitrogens is 1. The molecule has 0 amide bonds. The summed E-state index contributed by atoms with van der Waals surface area (Å²) in [5.74, 6) is 0. The zero-order chi connectivity index (χ0) is 9.52. The zero-order valence-electron chi connectivity index (χ0n) is 6.90. The van der Waals surface area contributed by atoms with E-state index in [1.165, 1.54) is 5.39 Å². The second-order valence-corrected chi connectivity index (χ2v) is 2.50. The van der Waals surface area contributed by atoms with Crippen LogP contribution < -0.4 is 0 Å². The summed E-state index contributed by atoms with van der Waals surface area (Å²) in [5, 5.41) is 8.56. The molecule has 1 aromatic heterocycles. The smallest absolute Gasteiger partial charge is 0.0701 e. The average Bonchev–Trinajstić information content (AvgIpc) is 2.19. The van der Waals surface area contributed by atoms with E-state index in [0.717, 1.165) is 5.52 Å². The number of nitrogens with zero attached hydrogens (tertiary/aromatic N) is 1. The molecule has 0 unspecified atom stereocenters. The fraction of sp³-hybridized carbons (Fsp3) is 0. The third-order valence-corrected chi connectivity index (χ3v) is 1.51. The van der Waals surface area contributed by atoms with Crippen molar-refractivity contribution in [3.63, 3.8) is 0 Å². The summed E-state index contributed by atoms with van der Waals surface area (Å²) in [4.78, 5) is 4.18. The van der Waals surface area contributed by atoms with Gasteiger partial charge in [0.15, 0.2) is 0 Å². The first-order chi connectivity index (χ1) is 6.38. The van der Waals surface area contributed by atoms with Gasteiger partial charge in [-0.2, -0.15) is 0 Å². The van der Waals surface area contributed by atoms with Crippen LogP contribution in [0.3, 0.4) is 0 Å². The lowest BCUT2D eigenvalue weighted by Crippen LogP contribution is -1.73. The Balaban J connectivity index is 0.000000251. The van der Waals surface area contributed by atoms with Crippen LogP contribution in [-0.2, 0) is 0 Å².